The largest absolute Gasteiger partial charge is 0.388 e. The number of halogens is 1. The number of aliphatic hydroxyl groups excluding tert-OH is 1. The van der Waals surface area contributed by atoms with E-state index < -0.39 is 6.10 Å². The number of ether oxygens (including phenoxy) is 1. The molecule has 17 heavy (non-hydrogen) atoms. The molecule has 2 atom stereocenters. The summed E-state index contributed by atoms with van der Waals surface area (Å²) in [5.41, 5.74) is 0.888. The van der Waals surface area contributed by atoms with Crippen molar-refractivity contribution in [1.82, 2.24) is 0 Å². The first kappa shape index (κ1) is 14.2. The molecule has 2 nitrogen and oxygen atoms in total. The molecule has 0 fully saturated rings. The van der Waals surface area contributed by atoms with E-state index in [2.05, 4.69) is 0 Å². The summed E-state index contributed by atoms with van der Waals surface area (Å²) < 4.78 is 5.13. The third-order valence-electron chi connectivity index (χ3n) is 2.65. The van der Waals surface area contributed by atoms with Gasteiger partial charge in [-0.1, -0.05) is 35.9 Å². The summed E-state index contributed by atoms with van der Waals surface area (Å²) in [5.74, 6) is 0. The lowest BCUT2D eigenvalue weighted by Gasteiger charge is -2.08. The molecule has 0 aliphatic heterocycles. The fourth-order valence-corrected chi connectivity index (χ4v) is 1.56. The minimum Gasteiger partial charge on any atom is -0.388 e. The van der Waals surface area contributed by atoms with Gasteiger partial charge in [0.2, 0.25) is 0 Å². The monoisotopic (exact) mass is 254 g/mol. The number of benzene rings is 1. The van der Waals surface area contributed by atoms with Crippen molar-refractivity contribution >= 4 is 11.6 Å². The molecule has 1 aromatic carbocycles. The van der Waals surface area contributed by atoms with E-state index in [1.54, 1.807) is 19.2 Å². The van der Waals surface area contributed by atoms with E-state index in [1.807, 2.05) is 31.2 Å². The maximum atomic E-state index is 9.91. The van der Waals surface area contributed by atoms with E-state index in [0.717, 1.165) is 12.0 Å². The first-order chi connectivity index (χ1) is 8.13. The maximum absolute atomic E-state index is 9.91. The lowest BCUT2D eigenvalue weighted by Crippen LogP contribution is -2.02. The lowest BCUT2D eigenvalue weighted by molar-refractivity contribution is 0.121. The molecule has 0 heterocycles. The van der Waals surface area contributed by atoms with Crippen LogP contribution in [0, 0.1) is 0 Å². The van der Waals surface area contributed by atoms with E-state index >= 15 is 0 Å². The van der Waals surface area contributed by atoms with Gasteiger partial charge >= 0.3 is 0 Å². The third kappa shape index (κ3) is 5.35. The average Bonchev–Trinajstić information content (AvgIpc) is 2.34. The highest BCUT2D eigenvalue weighted by molar-refractivity contribution is 6.30. The Morgan fingerprint density at radius 2 is 1.82 bits per heavy atom. The van der Waals surface area contributed by atoms with Gasteiger partial charge in [0.1, 0.15) is 0 Å². The van der Waals surface area contributed by atoms with Gasteiger partial charge in [-0.25, -0.2) is 0 Å². The summed E-state index contributed by atoms with van der Waals surface area (Å²) in [6.07, 6.45) is 5.24. The highest BCUT2D eigenvalue weighted by atomic mass is 35.5. The molecule has 0 aromatic heterocycles. The summed E-state index contributed by atoms with van der Waals surface area (Å²) in [6.45, 7) is 2.01. The molecule has 0 radical (unpaired) electrons. The molecular weight excluding hydrogens is 236 g/mol. The molecule has 3 heteroatoms. The Bertz CT molecular complexity index is 346. The van der Waals surface area contributed by atoms with Gasteiger partial charge in [-0.2, -0.15) is 0 Å². The minimum atomic E-state index is -0.471. The first-order valence-corrected chi connectivity index (χ1v) is 6.12. The molecule has 0 saturated heterocycles. The lowest BCUT2D eigenvalue weighted by atomic mass is 10.1. The van der Waals surface area contributed by atoms with Crippen molar-refractivity contribution in [3.05, 3.63) is 47.0 Å². The Hall–Kier alpha value is -0.830. The average molecular weight is 255 g/mol. The van der Waals surface area contributed by atoms with E-state index in [0.29, 0.717) is 11.4 Å². The second-order valence-corrected chi connectivity index (χ2v) is 4.49. The minimum absolute atomic E-state index is 0.221. The molecule has 0 aliphatic rings. The van der Waals surface area contributed by atoms with Crippen molar-refractivity contribution in [3.8, 4) is 0 Å². The number of rotatable bonds is 6. The molecule has 0 amide bonds. The van der Waals surface area contributed by atoms with Crippen LogP contribution in [0.4, 0.5) is 0 Å². The Morgan fingerprint density at radius 3 is 2.41 bits per heavy atom. The molecule has 94 valence electrons. The Morgan fingerprint density at radius 1 is 1.24 bits per heavy atom. The van der Waals surface area contributed by atoms with Crippen molar-refractivity contribution in [1.29, 1.82) is 0 Å². The standard InChI is InChI=1S/C14H19ClO2/c1-11(17-2)5-3-4-6-14(16)12-7-9-13(15)10-8-12/h3-4,7-11,14,16H,5-6H2,1-2H3/b4-3-/t11-,14-/m1/s1. The van der Waals surface area contributed by atoms with Crippen LogP contribution in [0.2, 0.25) is 5.02 Å². The van der Waals surface area contributed by atoms with Gasteiger partial charge in [0.25, 0.3) is 0 Å². The van der Waals surface area contributed by atoms with Gasteiger partial charge in [-0.15, -0.1) is 0 Å². The van der Waals surface area contributed by atoms with E-state index in [4.69, 9.17) is 16.3 Å². The van der Waals surface area contributed by atoms with Crippen molar-refractivity contribution in [2.24, 2.45) is 0 Å². The van der Waals surface area contributed by atoms with Gasteiger partial charge in [0.05, 0.1) is 12.2 Å². The molecule has 1 N–H and O–H groups in total. The zero-order chi connectivity index (χ0) is 12.7. The molecule has 0 spiro atoms. The molecule has 0 saturated carbocycles. The van der Waals surface area contributed by atoms with Crippen LogP contribution in [0.15, 0.2) is 36.4 Å². The zero-order valence-corrected chi connectivity index (χ0v) is 11.0. The fourth-order valence-electron chi connectivity index (χ4n) is 1.43. The van der Waals surface area contributed by atoms with E-state index in [-0.39, 0.29) is 6.10 Å². The molecular formula is C14H19ClO2. The predicted molar refractivity (Wildman–Crippen MR) is 71.3 cm³/mol. The molecule has 0 aliphatic carbocycles. The second kappa shape index (κ2) is 7.49. The Labute approximate surface area is 108 Å². The van der Waals surface area contributed by atoms with Gasteiger partial charge in [-0.3, -0.25) is 0 Å². The third-order valence-corrected chi connectivity index (χ3v) is 2.90. The zero-order valence-electron chi connectivity index (χ0n) is 10.3. The quantitative estimate of drug-likeness (QED) is 0.784. The van der Waals surface area contributed by atoms with Gasteiger partial charge < -0.3 is 9.84 Å². The summed E-state index contributed by atoms with van der Waals surface area (Å²) in [4.78, 5) is 0. The van der Waals surface area contributed by atoms with Crippen molar-refractivity contribution in [2.75, 3.05) is 7.11 Å². The van der Waals surface area contributed by atoms with Crippen molar-refractivity contribution in [2.45, 2.75) is 32.0 Å². The topological polar surface area (TPSA) is 29.5 Å². The van der Waals surface area contributed by atoms with Crippen LogP contribution in [-0.2, 0) is 4.74 Å². The molecule has 1 aromatic rings. The van der Waals surface area contributed by atoms with E-state index in [1.165, 1.54) is 0 Å². The molecule has 1 rings (SSSR count). The maximum Gasteiger partial charge on any atom is 0.0824 e. The second-order valence-electron chi connectivity index (χ2n) is 4.06. The Kier molecular flexibility index (Phi) is 6.27. The fraction of sp³-hybridized carbons (Fsp3) is 0.429. The van der Waals surface area contributed by atoms with Gasteiger partial charge in [-0.05, 0) is 37.5 Å². The van der Waals surface area contributed by atoms with Crippen molar-refractivity contribution < 1.29 is 9.84 Å². The smallest absolute Gasteiger partial charge is 0.0824 e. The summed E-state index contributed by atoms with van der Waals surface area (Å²) in [5, 5.41) is 10.6. The summed E-state index contributed by atoms with van der Waals surface area (Å²) in [6, 6.07) is 7.27. The van der Waals surface area contributed by atoms with E-state index in [9.17, 15) is 5.11 Å². The van der Waals surface area contributed by atoms with Crippen molar-refractivity contribution in [3.63, 3.8) is 0 Å². The first-order valence-electron chi connectivity index (χ1n) is 5.74. The van der Waals surface area contributed by atoms with Gasteiger partial charge in [0, 0.05) is 12.1 Å². The van der Waals surface area contributed by atoms with Crippen LogP contribution in [0.5, 0.6) is 0 Å². The van der Waals surface area contributed by atoms with Crippen LogP contribution in [0.1, 0.15) is 31.4 Å². The highest BCUT2D eigenvalue weighted by Crippen LogP contribution is 2.19. The summed E-state index contributed by atoms with van der Waals surface area (Å²) >= 11 is 5.78. The number of methoxy groups -OCH3 is 1. The predicted octanol–water partition coefficient (Wildman–Crippen LogP) is 3.74. The van der Waals surface area contributed by atoms with Crippen LogP contribution in [0.3, 0.4) is 0 Å². The highest BCUT2D eigenvalue weighted by Gasteiger charge is 2.04. The van der Waals surface area contributed by atoms with Crippen LogP contribution < -0.4 is 0 Å². The molecule has 0 bridgehead atoms. The number of aliphatic hydroxyl groups is 1. The number of hydrogen-bond donors (Lipinski definition) is 1. The molecule has 0 unspecified atom stereocenters. The Balaban J connectivity index is 2.39. The van der Waals surface area contributed by atoms with Crippen LogP contribution in [0.25, 0.3) is 0 Å². The summed E-state index contributed by atoms with van der Waals surface area (Å²) in [7, 11) is 1.70. The van der Waals surface area contributed by atoms with Crippen LogP contribution >= 0.6 is 11.6 Å². The number of hydrogen-bond acceptors (Lipinski definition) is 2. The van der Waals surface area contributed by atoms with Crippen LogP contribution in [-0.4, -0.2) is 18.3 Å². The SMILES string of the molecule is CO[C@H](C)C/C=C\C[C@@H](O)c1ccc(Cl)cc1. The van der Waals surface area contributed by atoms with Gasteiger partial charge in [0.15, 0.2) is 0 Å². The normalized spacial score (nSPS) is 15.1.